The van der Waals surface area contributed by atoms with Crippen LogP contribution < -0.4 is 5.32 Å². The van der Waals surface area contributed by atoms with Gasteiger partial charge in [-0.05, 0) is 18.1 Å². The maximum atomic E-state index is 5.32. The van der Waals surface area contributed by atoms with E-state index in [0.29, 0.717) is 24.9 Å². The normalized spacial score (nSPS) is 10.6. The van der Waals surface area contributed by atoms with Crippen LogP contribution in [-0.2, 0) is 17.7 Å². The predicted octanol–water partition coefficient (Wildman–Crippen LogP) is 2.18. The Bertz CT molecular complexity index is 496. The fraction of sp³-hybridized carbons (Fsp3) is 0.385. The molecule has 0 unspecified atom stereocenters. The molecule has 1 aromatic carbocycles. The van der Waals surface area contributed by atoms with Gasteiger partial charge in [-0.2, -0.15) is 0 Å². The standard InChI is InChI=1S/C13H17N3O2/c1-10-15-16-13(18-10)9-14-12-6-4-3-5-11(12)7-8-17-2/h3-6,14H,7-9H2,1-2H3. The lowest BCUT2D eigenvalue weighted by Crippen LogP contribution is -2.04. The Kier molecular flexibility index (Phi) is 4.30. The highest BCUT2D eigenvalue weighted by atomic mass is 16.5. The Morgan fingerprint density at radius 2 is 2.11 bits per heavy atom. The number of methoxy groups -OCH3 is 1. The van der Waals surface area contributed by atoms with Gasteiger partial charge in [-0.3, -0.25) is 0 Å². The summed E-state index contributed by atoms with van der Waals surface area (Å²) in [5.74, 6) is 1.17. The number of aromatic nitrogens is 2. The van der Waals surface area contributed by atoms with Crippen LogP contribution in [0.3, 0.4) is 0 Å². The van der Waals surface area contributed by atoms with E-state index < -0.39 is 0 Å². The largest absolute Gasteiger partial charge is 0.424 e. The summed E-state index contributed by atoms with van der Waals surface area (Å²) in [5.41, 5.74) is 2.29. The lowest BCUT2D eigenvalue weighted by atomic mass is 10.1. The number of nitrogens with zero attached hydrogens (tertiary/aromatic N) is 2. The van der Waals surface area contributed by atoms with Crippen LogP contribution in [0.1, 0.15) is 17.3 Å². The molecule has 18 heavy (non-hydrogen) atoms. The van der Waals surface area contributed by atoms with Crippen molar-refractivity contribution >= 4 is 5.69 Å². The second-order valence-corrected chi connectivity index (χ2v) is 3.97. The molecule has 2 aromatic rings. The first-order valence-corrected chi connectivity index (χ1v) is 5.89. The number of para-hydroxylation sites is 1. The third-order valence-electron chi connectivity index (χ3n) is 2.59. The molecule has 0 spiro atoms. The van der Waals surface area contributed by atoms with Crippen molar-refractivity contribution < 1.29 is 9.15 Å². The van der Waals surface area contributed by atoms with Crippen LogP contribution in [0, 0.1) is 6.92 Å². The molecule has 0 fully saturated rings. The van der Waals surface area contributed by atoms with Gasteiger partial charge in [-0.15, -0.1) is 10.2 Å². The van der Waals surface area contributed by atoms with Gasteiger partial charge in [0.15, 0.2) is 0 Å². The van der Waals surface area contributed by atoms with E-state index in [0.717, 1.165) is 12.1 Å². The Hall–Kier alpha value is -1.88. The van der Waals surface area contributed by atoms with Crippen molar-refractivity contribution in [3.63, 3.8) is 0 Å². The molecule has 0 aliphatic rings. The third kappa shape index (κ3) is 3.30. The molecule has 0 aliphatic carbocycles. The van der Waals surface area contributed by atoms with Crippen molar-refractivity contribution in [2.45, 2.75) is 19.9 Å². The Balaban J connectivity index is 1.99. The number of benzene rings is 1. The molecule has 0 amide bonds. The molecular formula is C13H17N3O2. The zero-order valence-electron chi connectivity index (χ0n) is 10.6. The van der Waals surface area contributed by atoms with Gasteiger partial charge in [0.1, 0.15) is 0 Å². The van der Waals surface area contributed by atoms with E-state index in [4.69, 9.17) is 9.15 Å². The van der Waals surface area contributed by atoms with Crippen LogP contribution in [0.2, 0.25) is 0 Å². The van der Waals surface area contributed by atoms with Crippen molar-refractivity contribution in [2.24, 2.45) is 0 Å². The molecule has 0 bridgehead atoms. The van der Waals surface area contributed by atoms with Crippen LogP contribution in [-0.4, -0.2) is 23.9 Å². The number of hydrogen-bond donors (Lipinski definition) is 1. The van der Waals surface area contributed by atoms with Gasteiger partial charge in [-0.1, -0.05) is 18.2 Å². The van der Waals surface area contributed by atoms with E-state index in [-0.39, 0.29) is 0 Å². The summed E-state index contributed by atoms with van der Waals surface area (Å²) in [6.07, 6.45) is 0.878. The average Bonchev–Trinajstić information content (AvgIpc) is 2.81. The molecule has 5 nitrogen and oxygen atoms in total. The Labute approximate surface area is 106 Å². The van der Waals surface area contributed by atoms with E-state index in [9.17, 15) is 0 Å². The maximum absolute atomic E-state index is 5.32. The fourth-order valence-electron chi connectivity index (χ4n) is 1.70. The van der Waals surface area contributed by atoms with E-state index in [2.05, 4.69) is 21.6 Å². The van der Waals surface area contributed by atoms with Crippen LogP contribution in [0.5, 0.6) is 0 Å². The summed E-state index contributed by atoms with van der Waals surface area (Å²) < 4.78 is 10.4. The minimum absolute atomic E-state index is 0.533. The Morgan fingerprint density at radius 3 is 2.83 bits per heavy atom. The van der Waals surface area contributed by atoms with Crippen molar-refractivity contribution in [1.82, 2.24) is 10.2 Å². The zero-order chi connectivity index (χ0) is 12.8. The zero-order valence-corrected chi connectivity index (χ0v) is 10.6. The first kappa shape index (κ1) is 12.6. The molecule has 2 rings (SSSR count). The number of rotatable bonds is 6. The van der Waals surface area contributed by atoms with E-state index in [1.54, 1.807) is 14.0 Å². The summed E-state index contributed by atoms with van der Waals surface area (Å²) in [5, 5.41) is 11.0. The minimum Gasteiger partial charge on any atom is -0.424 e. The molecule has 1 heterocycles. The summed E-state index contributed by atoms with van der Waals surface area (Å²) in [6, 6.07) is 8.14. The van der Waals surface area contributed by atoms with Gasteiger partial charge >= 0.3 is 0 Å². The average molecular weight is 247 g/mol. The minimum atomic E-state index is 0.533. The molecule has 0 saturated carbocycles. The number of nitrogens with one attached hydrogen (secondary N) is 1. The van der Waals surface area contributed by atoms with E-state index >= 15 is 0 Å². The van der Waals surface area contributed by atoms with Crippen LogP contribution in [0.4, 0.5) is 5.69 Å². The second-order valence-electron chi connectivity index (χ2n) is 3.97. The number of aryl methyl sites for hydroxylation is 1. The van der Waals surface area contributed by atoms with Gasteiger partial charge < -0.3 is 14.5 Å². The highest BCUT2D eigenvalue weighted by Crippen LogP contribution is 2.16. The highest BCUT2D eigenvalue weighted by molar-refractivity contribution is 5.51. The first-order chi connectivity index (χ1) is 8.79. The SMILES string of the molecule is COCCc1ccccc1NCc1nnc(C)o1. The van der Waals surface area contributed by atoms with Crippen molar-refractivity contribution in [2.75, 3.05) is 19.0 Å². The van der Waals surface area contributed by atoms with Gasteiger partial charge in [-0.25, -0.2) is 0 Å². The number of hydrogen-bond acceptors (Lipinski definition) is 5. The third-order valence-corrected chi connectivity index (χ3v) is 2.59. The predicted molar refractivity (Wildman–Crippen MR) is 68.4 cm³/mol. The van der Waals surface area contributed by atoms with Crippen molar-refractivity contribution in [3.8, 4) is 0 Å². The number of anilines is 1. The van der Waals surface area contributed by atoms with Crippen LogP contribution in [0.15, 0.2) is 28.7 Å². The molecule has 0 saturated heterocycles. The van der Waals surface area contributed by atoms with Crippen molar-refractivity contribution in [1.29, 1.82) is 0 Å². The summed E-state index contributed by atoms with van der Waals surface area (Å²) >= 11 is 0. The molecule has 0 atom stereocenters. The number of ether oxygens (including phenoxy) is 1. The van der Waals surface area contributed by atoms with Gasteiger partial charge in [0.2, 0.25) is 11.8 Å². The molecule has 0 aliphatic heterocycles. The smallest absolute Gasteiger partial charge is 0.235 e. The molecule has 1 N–H and O–H groups in total. The summed E-state index contributed by atoms with van der Waals surface area (Å²) in [4.78, 5) is 0. The lowest BCUT2D eigenvalue weighted by molar-refractivity contribution is 0.202. The molecular weight excluding hydrogens is 230 g/mol. The highest BCUT2D eigenvalue weighted by Gasteiger charge is 2.04. The van der Waals surface area contributed by atoms with Gasteiger partial charge in [0, 0.05) is 19.7 Å². The molecule has 5 heteroatoms. The van der Waals surface area contributed by atoms with Crippen LogP contribution >= 0.6 is 0 Å². The summed E-state index contributed by atoms with van der Waals surface area (Å²) in [6.45, 7) is 3.02. The van der Waals surface area contributed by atoms with Gasteiger partial charge in [0.05, 0.1) is 13.2 Å². The quantitative estimate of drug-likeness (QED) is 0.847. The second kappa shape index (κ2) is 6.16. The fourth-order valence-corrected chi connectivity index (χ4v) is 1.70. The Morgan fingerprint density at radius 1 is 1.28 bits per heavy atom. The van der Waals surface area contributed by atoms with E-state index in [1.807, 2.05) is 18.2 Å². The monoisotopic (exact) mass is 247 g/mol. The molecule has 1 aromatic heterocycles. The van der Waals surface area contributed by atoms with E-state index in [1.165, 1.54) is 5.56 Å². The lowest BCUT2D eigenvalue weighted by Gasteiger charge is -2.10. The summed E-state index contributed by atoms with van der Waals surface area (Å²) in [7, 11) is 1.71. The van der Waals surface area contributed by atoms with Crippen LogP contribution in [0.25, 0.3) is 0 Å². The topological polar surface area (TPSA) is 60.2 Å². The molecule has 96 valence electrons. The molecule has 0 radical (unpaired) electrons. The van der Waals surface area contributed by atoms with Crippen molar-refractivity contribution in [3.05, 3.63) is 41.6 Å². The first-order valence-electron chi connectivity index (χ1n) is 5.89. The maximum Gasteiger partial charge on any atom is 0.235 e. The van der Waals surface area contributed by atoms with Gasteiger partial charge in [0.25, 0.3) is 0 Å².